The van der Waals surface area contributed by atoms with Crippen molar-refractivity contribution in [3.8, 4) is 0 Å². The van der Waals surface area contributed by atoms with Crippen LogP contribution in [0.25, 0.3) is 0 Å². The largest absolute Gasteiger partial charge is 0.396 e. The molecule has 0 unspecified atom stereocenters. The maximum atomic E-state index is 10.9. The molecule has 7 nitrogen and oxygen atoms in total. The van der Waals surface area contributed by atoms with Crippen LogP contribution in [0.2, 0.25) is 0 Å². The Balaban J connectivity index is 2.23. The van der Waals surface area contributed by atoms with E-state index < -0.39 is 4.92 Å². The van der Waals surface area contributed by atoms with Gasteiger partial charge in [-0.25, -0.2) is 4.68 Å². The van der Waals surface area contributed by atoms with Crippen molar-refractivity contribution < 1.29 is 10.0 Å². The van der Waals surface area contributed by atoms with Gasteiger partial charge in [0.05, 0.1) is 17.2 Å². The lowest BCUT2D eigenvalue weighted by molar-refractivity contribution is -0.385. The summed E-state index contributed by atoms with van der Waals surface area (Å²) in [6.45, 7) is 2.17. The molecular formula is C12H14N4O3. The highest BCUT2D eigenvalue weighted by Gasteiger charge is 2.13. The number of hydrogen-bond donors (Lipinski definition) is 1. The summed E-state index contributed by atoms with van der Waals surface area (Å²) in [5.41, 5.74) is 2.26. The number of nitro benzene ring substituents is 1. The molecule has 2 aromatic rings. The van der Waals surface area contributed by atoms with Crippen LogP contribution in [0.1, 0.15) is 16.8 Å². The molecule has 0 amide bonds. The van der Waals surface area contributed by atoms with Gasteiger partial charge in [0.1, 0.15) is 0 Å². The average molecular weight is 262 g/mol. The predicted octanol–water partition coefficient (Wildman–Crippen LogP) is 1.08. The molecule has 0 aliphatic rings. The maximum absolute atomic E-state index is 10.9. The zero-order chi connectivity index (χ0) is 13.8. The van der Waals surface area contributed by atoms with Crippen molar-refractivity contribution in [3.63, 3.8) is 0 Å². The van der Waals surface area contributed by atoms with Crippen LogP contribution in [0, 0.1) is 17.0 Å². The zero-order valence-electron chi connectivity index (χ0n) is 10.5. The summed E-state index contributed by atoms with van der Waals surface area (Å²) in [5.74, 6) is 0. The molecule has 0 spiro atoms. The predicted molar refractivity (Wildman–Crippen MR) is 67.7 cm³/mol. The minimum absolute atomic E-state index is 0.0224. The minimum Gasteiger partial charge on any atom is -0.396 e. The fraction of sp³-hybridized carbons (Fsp3) is 0.333. The van der Waals surface area contributed by atoms with Crippen LogP contribution in [0.3, 0.4) is 0 Å². The lowest BCUT2D eigenvalue weighted by Gasteiger charge is -2.05. The highest BCUT2D eigenvalue weighted by Crippen LogP contribution is 2.21. The van der Waals surface area contributed by atoms with Crippen molar-refractivity contribution >= 4 is 5.69 Å². The molecule has 0 saturated carbocycles. The first-order valence-corrected chi connectivity index (χ1v) is 5.84. The van der Waals surface area contributed by atoms with Gasteiger partial charge >= 0.3 is 0 Å². The van der Waals surface area contributed by atoms with Crippen molar-refractivity contribution in [1.82, 2.24) is 15.0 Å². The highest BCUT2D eigenvalue weighted by atomic mass is 16.6. The summed E-state index contributed by atoms with van der Waals surface area (Å²) in [6, 6.07) is 4.97. The monoisotopic (exact) mass is 262 g/mol. The molecule has 0 fully saturated rings. The number of hydrogen-bond acceptors (Lipinski definition) is 5. The number of nitrogens with zero attached hydrogens (tertiary/aromatic N) is 4. The van der Waals surface area contributed by atoms with Crippen LogP contribution in [0.4, 0.5) is 5.69 Å². The van der Waals surface area contributed by atoms with Gasteiger partial charge in [-0.2, -0.15) is 0 Å². The fourth-order valence-electron chi connectivity index (χ4n) is 1.86. The molecule has 1 heterocycles. The molecule has 0 bridgehead atoms. The molecule has 0 aliphatic heterocycles. The SMILES string of the molecule is Cc1c(Cn2cc(CCO)nn2)cccc1[N+](=O)[O-]. The quantitative estimate of drug-likeness (QED) is 0.642. The van der Waals surface area contributed by atoms with Crippen molar-refractivity contribution in [2.75, 3.05) is 6.61 Å². The molecule has 0 radical (unpaired) electrons. The van der Waals surface area contributed by atoms with E-state index in [0.29, 0.717) is 24.2 Å². The molecule has 0 atom stereocenters. The Bertz CT molecular complexity index is 594. The van der Waals surface area contributed by atoms with Gasteiger partial charge in [-0.15, -0.1) is 5.10 Å². The molecule has 1 aromatic carbocycles. The summed E-state index contributed by atoms with van der Waals surface area (Å²) in [5, 5.41) is 27.5. The zero-order valence-corrected chi connectivity index (χ0v) is 10.5. The first-order valence-electron chi connectivity index (χ1n) is 5.84. The second kappa shape index (κ2) is 5.57. The van der Waals surface area contributed by atoms with Crippen LogP contribution >= 0.6 is 0 Å². The van der Waals surface area contributed by atoms with Crippen LogP contribution in [-0.2, 0) is 13.0 Å². The third-order valence-electron chi connectivity index (χ3n) is 2.90. The molecule has 19 heavy (non-hydrogen) atoms. The van der Waals surface area contributed by atoms with Crippen LogP contribution < -0.4 is 0 Å². The van der Waals surface area contributed by atoms with E-state index in [2.05, 4.69) is 10.3 Å². The van der Waals surface area contributed by atoms with Crippen molar-refractivity contribution in [3.05, 3.63) is 51.3 Å². The van der Waals surface area contributed by atoms with Crippen LogP contribution in [0.5, 0.6) is 0 Å². The standard InChI is InChI=1S/C12H14N4O3/c1-9-10(3-2-4-12(9)16(18)19)7-15-8-11(5-6-17)13-14-15/h2-4,8,17H,5-7H2,1H3. The molecule has 1 N–H and O–H groups in total. The molecule has 2 rings (SSSR count). The molecule has 7 heteroatoms. The van der Waals surface area contributed by atoms with Crippen LogP contribution in [0.15, 0.2) is 24.4 Å². The summed E-state index contributed by atoms with van der Waals surface area (Å²) >= 11 is 0. The van der Waals surface area contributed by atoms with E-state index in [1.807, 2.05) is 6.07 Å². The topological polar surface area (TPSA) is 94.1 Å². The summed E-state index contributed by atoms with van der Waals surface area (Å²) in [6.07, 6.45) is 2.18. The Morgan fingerprint density at radius 3 is 2.95 bits per heavy atom. The lowest BCUT2D eigenvalue weighted by Crippen LogP contribution is -2.04. The van der Waals surface area contributed by atoms with Crippen molar-refractivity contribution in [2.24, 2.45) is 0 Å². The van der Waals surface area contributed by atoms with E-state index in [1.54, 1.807) is 23.9 Å². The maximum Gasteiger partial charge on any atom is 0.272 e. The van der Waals surface area contributed by atoms with Gasteiger partial charge in [0, 0.05) is 30.9 Å². The van der Waals surface area contributed by atoms with E-state index >= 15 is 0 Å². The fourth-order valence-corrected chi connectivity index (χ4v) is 1.86. The number of aliphatic hydroxyl groups excluding tert-OH is 1. The molecular weight excluding hydrogens is 248 g/mol. The Labute approximate surface area is 109 Å². The highest BCUT2D eigenvalue weighted by molar-refractivity contribution is 5.44. The van der Waals surface area contributed by atoms with E-state index in [1.165, 1.54) is 6.07 Å². The van der Waals surface area contributed by atoms with Gasteiger partial charge in [0.15, 0.2) is 0 Å². The molecule has 100 valence electrons. The number of rotatable bonds is 5. The van der Waals surface area contributed by atoms with Gasteiger partial charge in [0.25, 0.3) is 5.69 Å². The number of benzene rings is 1. The van der Waals surface area contributed by atoms with Crippen LogP contribution in [-0.4, -0.2) is 31.6 Å². The summed E-state index contributed by atoms with van der Waals surface area (Å²) < 4.78 is 1.61. The Morgan fingerprint density at radius 1 is 1.47 bits per heavy atom. The number of aliphatic hydroxyl groups is 1. The summed E-state index contributed by atoms with van der Waals surface area (Å²) in [4.78, 5) is 10.5. The molecule has 0 aliphatic carbocycles. The van der Waals surface area contributed by atoms with Gasteiger partial charge in [-0.05, 0) is 12.5 Å². The first-order chi connectivity index (χ1) is 9.11. The Hall–Kier alpha value is -2.28. The average Bonchev–Trinajstić information content (AvgIpc) is 2.79. The number of aromatic nitrogens is 3. The lowest BCUT2D eigenvalue weighted by atomic mass is 10.1. The van der Waals surface area contributed by atoms with E-state index in [0.717, 1.165) is 5.56 Å². The van der Waals surface area contributed by atoms with Gasteiger partial charge in [0.2, 0.25) is 0 Å². The Kier molecular flexibility index (Phi) is 3.86. The Morgan fingerprint density at radius 2 is 2.26 bits per heavy atom. The first kappa shape index (κ1) is 13.2. The summed E-state index contributed by atoms with van der Waals surface area (Å²) in [7, 11) is 0. The van der Waals surface area contributed by atoms with Crippen molar-refractivity contribution in [2.45, 2.75) is 19.9 Å². The molecule has 0 saturated heterocycles. The third kappa shape index (κ3) is 2.94. The van der Waals surface area contributed by atoms with Gasteiger partial charge in [-0.1, -0.05) is 17.3 Å². The minimum atomic E-state index is -0.392. The second-order valence-corrected chi connectivity index (χ2v) is 4.20. The van der Waals surface area contributed by atoms with E-state index in [9.17, 15) is 10.1 Å². The smallest absolute Gasteiger partial charge is 0.272 e. The van der Waals surface area contributed by atoms with E-state index in [-0.39, 0.29) is 12.3 Å². The van der Waals surface area contributed by atoms with Gasteiger partial charge < -0.3 is 5.11 Å². The molecule has 1 aromatic heterocycles. The number of nitro groups is 1. The van der Waals surface area contributed by atoms with Gasteiger partial charge in [-0.3, -0.25) is 10.1 Å². The van der Waals surface area contributed by atoms with Crippen molar-refractivity contribution in [1.29, 1.82) is 0 Å². The van der Waals surface area contributed by atoms with E-state index in [4.69, 9.17) is 5.11 Å². The normalized spacial score (nSPS) is 10.6. The second-order valence-electron chi connectivity index (χ2n) is 4.20. The third-order valence-corrected chi connectivity index (χ3v) is 2.90.